The van der Waals surface area contributed by atoms with E-state index in [4.69, 9.17) is 0 Å². The van der Waals surface area contributed by atoms with Crippen molar-refractivity contribution in [2.45, 2.75) is 19.4 Å². The zero-order valence-corrected chi connectivity index (χ0v) is 14.0. The zero-order valence-electron chi connectivity index (χ0n) is 13.2. The molecule has 2 aliphatic rings. The monoisotopic (exact) mass is 347 g/mol. The first kappa shape index (κ1) is 16.5. The molecule has 4 amide bonds. The summed E-state index contributed by atoms with van der Waals surface area (Å²) in [4.78, 5) is 50.1. The van der Waals surface area contributed by atoms with Crippen molar-refractivity contribution in [3.8, 4) is 0 Å². The lowest BCUT2D eigenvalue weighted by atomic mass is 10.2. The molecule has 0 spiro atoms. The first-order chi connectivity index (χ1) is 11.5. The maximum Gasteiger partial charge on any atom is 0.289 e. The third-order valence-electron chi connectivity index (χ3n) is 4.05. The third kappa shape index (κ3) is 3.28. The SMILES string of the molecule is CC(=O)Nc1ccc(C(=O)N2CC[C@@H](N3C(=O)CSC3=O)C2)cc1. The molecule has 2 heterocycles. The minimum atomic E-state index is -0.234. The van der Waals surface area contributed by atoms with Crippen molar-refractivity contribution in [3.05, 3.63) is 29.8 Å². The Balaban J connectivity index is 1.65. The minimum absolute atomic E-state index is 0.140. The lowest BCUT2D eigenvalue weighted by Gasteiger charge is -2.22. The summed E-state index contributed by atoms with van der Waals surface area (Å²) in [5.41, 5.74) is 1.14. The van der Waals surface area contributed by atoms with Crippen LogP contribution in [0.4, 0.5) is 10.5 Å². The van der Waals surface area contributed by atoms with Crippen LogP contribution in [0.1, 0.15) is 23.7 Å². The van der Waals surface area contributed by atoms with Crippen molar-refractivity contribution >= 4 is 40.4 Å². The Morgan fingerprint density at radius 1 is 1.21 bits per heavy atom. The predicted molar refractivity (Wildman–Crippen MR) is 89.8 cm³/mol. The fourth-order valence-corrected chi connectivity index (χ4v) is 3.71. The van der Waals surface area contributed by atoms with Gasteiger partial charge in [-0.05, 0) is 30.7 Å². The second kappa shape index (κ2) is 6.64. The Labute approximate surface area is 143 Å². The molecule has 24 heavy (non-hydrogen) atoms. The van der Waals surface area contributed by atoms with E-state index >= 15 is 0 Å². The molecule has 7 nitrogen and oxygen atoms in total. The molecule has 0 aromatic heterocycles. The fraction of sp³-hybridized carbons (Fsp3) is 0.375. The van der Waals surface area contributed by atoms with Gasteiger partial charge in [0.1, 0.15) is 0 Å². The maximum atomic E-state index is 12.5. The molecule has 1 aromatic rings. The van der Waals surface area contributed by atoms with E-state index in [1.54, 1.807) is 29.2 Å². The standard InChI is InChI=1S/C16H17N3O4S/c1-10(20)17-12-4-2-11(3-5-12)15(22)18-7-6-13(8-18)19-14(21)9-24-16(19)23/h2-5,13H,6-9H2,1H3,(H,17,20)/t13-/m1/s1. The summed E-state index contributed by atoms with van der Waals surface area (Å²) < 4.78 is 0. The lowest BCUT2D eigenvalue weighted by molar-refractivity contribution is -0.126. The second-order valence-corrected chi connectivity index (χ2v) is 6.70. The van der Waals surface area contributed by atoms with E-state index in [0.717, 1.165) is 11.8 Å². The van der Waals surface area contributed by atoms with Crippen LogP contribution in [0, 0.1) is 0 Å². The first-order valence-corrected chi connectivity index (χ1v) is 8.60. The van der Waals surface area contributed by atoms with Crippen molar-refractivity contribution in [3.63, 3.8) is 0 Å². The van der Waals surface area contributed by atoms with Gasteiger partial charge >= 0.3 is 0 Å². The van der Waals surface area contributed by atoms with Crippen LogP contribution in [0.3, 0.4) is 0 Å². The van der Waals surface area contributed by atoms with E-state index < -0.39 is 0 Å². The van der Waals surface area contributed by atoms with Gasteiger partial charge in [0, 0.05) is 31.3 Å². The van der Waals surface area contributed by atoms with Crippen LogP contribution >= 0.6 is 11.8 Å². The summed E-state index contributed by atoms with van der Waals surface area (Å²) in [6, 6.07) is 6.42. The maximum absolute atomic E-state index is 12.5. The van der Waals surface area contributed by atoms with Crippen molar-refractivity contribution in [2.75, 3.05) is 24.2 Å². The lowest BCUT2D eigenvalue weighted by Crippen LogP contribution is -2.41. The fourth-order valence-electron chi connectivity index (χ4n) is 2.94. The molecule has 1 N–H and O–H groups in total. The Morgan fingerprint density at radius 3 is 2.50 bits per heavy atom. The minimum Gasteiger partial charge on any atom is -0.336 e. The highest BCUT2D eigenvalue weighted by Crippen LogP contribution is 2.27. The second-order valence-electron chi connectivity index (χ2n) is 5.77. The first-order valence-electron chi connectivity index (χ1n) is 7.61. The van der Waals surface area contributed by atoms with Gasteiger partial charge in [0.2, 0.25) is 11.8 Å². The van der Waals surface area contributed by atoms with E-state index in [-0.39, 0.29) is 34.8 Å². The number of anilines is 1. The summed E-state index contributed by atoms with van der Waals surface area (Å²) in [5.74, 6) is -0.301. The summed E-state index contributed by atoms with van der Waals surface area (Å²) in [6.45, 7) is 2.30. The molecule has 3 rings (SSSR count). The van der Waals surface area contributed by atoms with Gasteiger partial charge in [-0.25, -0.2) is 0 Å². The Bertz CT molecular complexity index is 688. The van der Waals surface area contributed by atoms with Gasteiger partial charge < -0.3 is 10.2 Å². The number of imide groups is 1. The number of thioether (sulfide) groups is 1. The molecule has 1 atom stereocenters. The van der Waals surface area contributed by atoms with E-state index in [2.05, 4.69) is 5.32 Å². The van der Waals surface area contributed by atoms with E-state index in [9.17, 15) is 19.2 Å². The normalized spacial score (nSPS) is 20.6. The number of likely N-dealkylation sites (tertiary alicyclic amines) is 1. The number of hydrogen-bond acceptors (Lipinski definition) is 5. The highest BCUT2D eigenvalue weighted by atomic mass is 32.2. The van der Waals surface area contributed by atoms with Crippen LogP contribution in [0.15, 0.2) is 24.3 Å². The molecule has 2 fully saturated rings. The number of benzene rings is 1. The summed E-state index contributed by atoms with van der Waals surface area (Å²) >= 11 is 1.01. The molecule has 0 radical (unpaired) electrons. The van der Waals surface area contributed by atoms with Crippen LogP contribution < -0.4 is 5.32 Å². The van der Waals surface area contributed by atoms with Gasteiger partial charge in [0.15, 0.2) is 0 Å². The number of nitrogens with one attached hydrogen (secondary N) is 1. The van der Waals surface area contributed by atoms with Gasteiger partial charge in [-0.2, -0.15) is 0 Å². The average Bonchev–Trinajstić information content (AvgIpc) is 3.13. The van der Waals surface area contributed by atoms with Crippen molar-refractivity contribution in [2.24, 2.45) is 0 Å². The molecular formula is C16H17N3O4S. The number of carbonyl (C=O) groups is 4. The molecule has 0 aliphatic carbocycles. The largest absolute Gasteiger partial charge is 0.336 e. The highest BCUT2D eigenvalue weighted by molar-refractivity contribution is 8.14. The van der Waals surface area contributed by atoms with Gasteiger partial charge in [-0.1, -0.05) is 11.8 Å². The molecule has 0 bridgehead atoms. The number of hydrogen-bond donors (Lipinski definition) is 1. The quantitative estimate of drug-likeness (QED) is 0.896. The Hall–Kier alpha value is -2.35. The zero-order chi connectivity index (χ0) is 17.3. The average molecular weight is 347 g/mol. The van der Waals surface area contributed by atoms with Crippen LogP contribution in [-0.4, -0.2) is 57.6 Å². The summed E-state index contributed by atoms with van der Waals surface area (Å²) in [7, 11) is 0. The predicted octanol–water partition coefficient (Wildman–Crippen LogP) is 1.55. The van der Waals surface area contributed by atoms with Crippen LogP contribution in [0.5, 0.6) is 0 Å². The number of carbonyl (C=O) groups excluding carboxylic acids is 4. The van der Waals surface area contributed by atoms with Gasteiger partial charge in [0.25, 0.3) is 11.1 Å². The molecule has 1 aromatic carbocycles. The van der Waals surface area contributed by atoms with Crippen LogP contribution in [-0.2, 0) is 9.59 Å². The van der Waals surface area contributed by atoms with E-state index in [1.165, 1.54) is 11.8 Å². The van der Waals surface area contributed by atoms with Crippen molar-refractivity contribution < 1.29 is 19.2 Å². The smallest absolute Gasteiger partial charge is 0.289 e. The Morgan fingerprint density at radius 2 is 1.92 bits per heavy atom. The molecule has 126 valence electrons. The number of nitrogens with zero attached hydrogens (tertiary/aromatic N) is 2. The number of amides is 4. The molecule has 0 saturated carbocycles. The van der Waals surface area contributed by atoms with Crippen LogP contribution in [0.25, 0.3) is 0 Å². The topological polar surface area (TPSA) is 86.8 Å². The van der Waals surface area contributed by atoms with E-state index in [1.807, 2.05) is 0 Å². The third-order valence-corrected chi connectivity index (χ3v) is 4.89. The molecule has 2 saturated heterocycles. The van der Waals surface area contributed by atoms with Gasteiger partial charge in [-0.15, -0.1) is 0 Å². The van der Waals surface area contributed by atoms with Crippen LogP contribution in [0.2, 0.25) is 0 Å². The summed E-state index contributed by atoms with van der Waals surface area (Å²) in [6.07, 6.45) is 0.605. The van der Waals surface area contributed by atoms with Gasteiger partial charge in [-0.3, -0.25) is 24.1 Å². The Kier molecular flexibility index (Phi) is 4.57. The highest BCUT2D eigenvalue weighted by Gasteiger charge is 2.40. The van der Waals surface area contributed by atoms with E-state index in [0.29, 0.717) is 30.8 Å². The van der Waals surface area contributed by atoms with Crippen molar-refractivity contribution in [1.29, 1.82) is 0 Å². The summed E-state index contributed by atoms with van der Waals surface area (Å²) in [5, 5.41) is 2.42. The molecule has 0 unspecified atom stereocenters. The molecular weight excluding hydrogens is 330 g/mol. The molecule has 2 aliphatic heterocycles. The van der Waals surface area contributed by atoms with Crippen molar-refractivity contribution in [1.82, 2.24) is 9.80 Å². The molecule has 8 heteroatoms. The van der Waals surface area contributed by atoms with Gasteiger partial charge in [0.05, 0.1) is 11.8 Å². The number of rotatable bonds is 3.